The van der Waals surface area contributed by atoms with Crippen molar-refractivity contribution in [3.8, 4) is 0 Å². The zero-order chi connectivity index (χ0) is 14.3. The predicted molar refractivity (Wildman–Crippen MR) is 76.4 cm³/mol. The number of nitrogens with one attached hydrogen (secondary N) is 1. The number of anilines is 1. The molecule has 0 saturated heterocycles. The van der Waals surface area contributed by atoms with Crippen LogP contribution in [0.2, 0.25) is 0 Å². The molecule has 0 amide bonds. The highest BCUT2D eigenvalue weighted by Gasteiger charge is 2.15. The first-order valence-corrected chi connectivity index (χ1v) is 7.29. The highest BCUT2D eigenvalue weighted by molar-refractivity contribution is 7.85. The number of hydrogen-bond donors (Lipinski definition) is 2. The van der Waals surface area contributed by atoms with Crippen molar-refractivity contribution < 1.29 is 13.0 Å². The van der Waals surface area contributed by atoms with Crippen LogP contribution in [-0.4, -0.2) is 30.0 Å². The lowest BCUT2D eigenvalue weighted by molar-refractivity contribution is 0.483. The molecule has 102 valence electrons. The molecule has 2 aromatic carbocycles. The Morgan fingerprint density at radius 1 is 1.05 bits per heavy atom. The summed E-state index contributed by atoms with van der Waals surface area (Å²) in [5, 5.41) is 2.87. The van der Waals surface area contributed by atoms with E-state index in [9.17, 15) is 13.0 Å². The quantitative estimate of drug-likeness (QED) is 0.554. The molecule has 3 aromatic rings. The van der Waals surface area contributed by atoms with Crippen LogP contribution in [0.3, 0.4) is 0 Å². The van der Waals surface area contributed by atoms with Gasteiger partial charge in [-0.3, -0.25) is 4.55 Å². The van der Waals surface area contributed by atoms with E-state index in [1.165, 1.54) is 12.1 Å². The summed E-state index contributed by atoms with van der Waals surface area (Å²) in [6.45, 7) is 0. The molecule has 1 heterocycles. The predicted octanol–water partition coefficient (Wildman–Crippen LogP) is 2.07. The molecular weight excluding hydrogens is 278 g/mol. The number of benzene rings is 2. The Morgan fingerprint density at radius 2 is 1.70 bits per heavy atom. The molecule has 0 unspecified atom stereocenters. The largest absolute Gasteiger partial charge is 0.386 e. The number of fused-ring (bicyclic) bond motifs is 2. The van der Waals surface area contributed by atoms with Gasteiger partial charge in [-0.25, -0.2) is 9.97 Å². The van der Waals surface area contributed by atoms with Gasteiger partial charge in [0.15, 0.2) is 0 Å². The van der Waals surface area contributed by atoms with Crippen molar-refractivity contribution in [1.29, 1.82) is 0 Å². The van der Waals surface area contributed by atoms with E-state index in [0.29, 0.717) is 22.2 Å². The van der Waals surface area contributed by atoms with Gasteiger partial charge in [-0.2, -0.15) is 8.42 Å². The fourth-order valence-electron chi connectivity index (χ4n) is 2.04. The van der Waals surface area contributed by atoms with Gasteiger partial charge in [-0.1, -0.05) is 12.1 Å². The molecule has 0 atom stereocenters. The summed E-state index contributed by atoms with van der Waals surface area (Å²) in [5.74, 6) is 0. The monoisotopic (exact) mass is 289 g/mol. The van der Waals surface area contributed by atoms with Crippen molar-refractivity contribution in [2.45, 2.75) is 4.90 Å². The average Bonchev–Trinajstić information content (AvgIpc) is 2.42. The molecule has 1 aromatic heterocycles. The van der Waals surface area contributed by atoms with Crippen LogP contribution < -0.4 is 5.32 Å². The lowest BCUT2D eigenvalue weighted by Gasteiger charge is -2.08. The van der Waals surface area contributed by atoms with Crippen molar-refractivity contribution in [3.63, 3.8) is 0 Å². The third kappa shape index (κ3) is 2.06. The van der Waals surface area contributed by atoms with Crippen LogP contribution in [0, 0.1) is 0 Å². The van der Waals surface area contributed by atoms with Gasteiger partial charge in [0.05, 0.1) is 27.1 Å². The Hall–Kier alpha value is -2.25. The molecule has 20 heavy (non-hydrogen) atoms. The second kappa shape index (κ2) is 4.39. The number of hydrogen-bond acceptors (Lipinski definition) is 5. The minimum atomic E-state index is -4.29. The maximum Gasteiger partial charge on any atom is 0.294 e. The van der Waals surface area contributed by atoms with Crippen molar-refractivity contribution in [2.75, 3.05) is 12.4 Å². The number of aromatic nitrogens is 2. The lowest BCUT2D eigenvalue weighted by atomic mass is 10.2. The van der Waals surface area contributed by atoms with Crippen LogP contribution in [0.15, 0.2) is 41.3 Å². The minimum absolute atomic E-state index is 0.209. The molecule has 3 rings (SSSR count). The highest BCUT2D eigenvalue weighted by atomic mass is 32.2. The SMILES string of the molecule is CNc1cc(S(=O)(=O)O)cc2nc3ccccc3nc12. The first-order chi connectivity index (χ1) is 9.49. The summed E-state index contributed by atoms with van der Waals surface area (Å²) in [7, 11) is -2.64. The fourth-order valence-corrected chi connectivity index (χ4v) is 2.57. The van der Waals surface area contributed by atoms with Crippen LogP contribution in [0.4, 0.5) is 5.69 Å². The van der Waals surface area contributed by atoms with Crippen molar-refractivity contribution >= 4 is 37.9 Å². The summed E-state index contributed by atoms with van der Waals surface area (Å²) in [6, 6.07) is 9.95. The topological polar surface area (TPSA) is 92.2 Å². The zero-order valence-corrected chi connectivity index (χ0v) is 11.3. The van der Waals surface area contributed by atoms with Gasteiger partial charge in [-0.15, -0.1) is 0 Å². The number of para-hydroxylation sites is 2. The molecular formula is C13H11N3O3S. The summed E-state index contributed by atoms with van der Waals surface area (Å²) in [6.07, 6.45) is 0. The van der Waals surface area contributed by atoms with Crippen LogP contribution in [0.25, 0.3) is 22.1 Å². The molecule has 0 aliphatic carbocycles. The van der Waals surface area contributed by atoms with Crippen LogP contribution in [-0.2, 0) is 10.1 Å². The molecule has 0 fully saturated rings. The molecule has 6 nitrogen and oxygen atoms in total. The Morgan fingerprint density at radius 3 is 2.30 bits per heavy atom. The minimum Gasteiger partial charge on any atom is -0.386 e. The van der Waals surface area contributed by atoms with E-state index in [1.54, 1.807) is 13.1 Å². The van der Waals surface area contributed by atoms with Gasteiger partial charge < -0.3 is 5.32 Å². The molecule has 0 spiro atoms. The van der Waals surface area contributed by atoms with E-state index in [0.717, 1.165) is 5.52 Å². The highest BCUT2D eigenvalue weighted by Crippen LogP contribution is 2.26. The van der Waals surface area contributed by atoms with E-state index in [-0.39, 0.29) is 4.90 Å². The van der Waals surface area contributed by atoms with Crippen LogP contribution in [0.5, 0.6) is 0 Å². The summed E-state index contributed by atoms with van der Waals surface area (Å²) >= 11 is 0. The fraction of sp³-hybridized carbons (Fsp3) is 0.0769. The van der Waals surface area contributed by atoms with E-state index >= 15 is 0 Å². The van der Waals surface area contributed by atoms with Gasteiger partial charge in [0.2, 0.25) is 0 Å². The smallest absolute Gasteiger partial charge is 0.294 e. The van der Waals surface area contributed by atoms with Crippen LogP contribution >= 0.6 is 0 Å². The second-order valence-corrected chi connectivity index (χ2v) is 5.70. The Kier molecular flexibility index (Phi) is 2.81. The van der Waals surface area contributed by atoms with Crippen molar-refractivity contribution in [1.82, 2.24) is 9.97 Å². The summed E-state index contributed by atoms with van der Waals surface area (Å²) in [4.78, 5) is 8.64. The lowest BCUT2D eigenvalue weighted by Crippen LogP contribution is -2.02. The standard InChI is InChI=1S/C13H11N3O3S/c1-14-11-6-8(20(17,18)19)7-12-13(11)16-10-5-3-2-4-9(10)15-12/h2-7,14H,1H3,(H,17,18,19). The Balaban J connectivity index is 2.45. The zero-order valence-electron chi connectivity index (χ0n) is 10.5. The van der Waals surface area contributed by atoms with Gasteiger partial charge in [-0.05, 0) is 24.3 Å². The first kappa shape index (κ1) is 12.8. The van der Waals surface area contributed by atoms with Gasteiger partial charge in [0.25, 0.3) is 10.1 Å². The summed E-state index contributed by atoms with van der Waals surface area (Å²) in [5.41, 5.74) is 2.83. The summed E-state index contributed by atoms with van der Waals surface area (Å²) < 4.78 is 31.8. The van der Waals surface area contributed by atoms with Crippen LogP contribution in [0.1, 0.15) is 0 Å². The number of nitrogens with zero attached hydrogens (tertiary/aromatic N) is 2. The van der Waals surface area contributed by atoms with E-state index in [2.05, 4.69) is 15.3 Å². The molecule has 2 N–H and O–H groups in total. The van der Waals surface area contributed by atoms with E-state index < -0.39 is 10.1 Å². The number of rotatable bonds is 2. The molecule has 0 saturated carbocycles. The third-order valence-electron chi connectivity index (χ3n) is 2.99. The maximum atomic E-state index is 11.3. The molecule has 0 bridgehead atoms. The third-order valence-corrected chi connectivity index (χ3v) is 3.82. The van der Waals surface area contributed by atoms with Gasteiger partial charge in [0, 0.05) is 7.05 Å². The Bertz CT molecular complexity index is 923. The van der Waals surface area contributed by atoms with E-state index in [1.807, 2.05) is 18.2 Å². The Labute approximate surface area is 115 Å². The average molecular weight is 289 g/mol. The normalized spacial score (nSPS) is 11.9. The van der Waals surface area contributed by atoms with Crippen molar-refractivity contribution in [2.24, 2.45) is 0 Å². The molecule has 0 aliphatic heterocycles. The van der Waals surface area contributed by atoms with E-state index in [4.69, 9.17) is 0 Å². The molecule has 0 aliphatic rings. The van der Waals surface area contributed by atoms with Gasteiger partial charge in [0.1, 0.15) is 5.52 Å². The second-order valence-electron chi connectivity index (χ2n) is 4.28. The first-order valence-electron chi connectivity index (χ1n) is 5.85. The molecule has 7 heteroatoms. The van der Waals surface area contributed by atoms with Crippen molar-refractivity contribution in [3.05, 3.63) is 36.4 Å². The molecule has 0 radical (unpaired) electrons. The maximum absolute atomic E-state index is 11.3. The van der Waals surface area contributed by atoms with Gasteiger partial charge >= 0.3 is 0 Å².